The largest absolute Gasteiger partial charge is 0.310 e. The molecule has 0 aliphatic heterocycles. The Morgan fingerprint density at radius 1 is 0.304 bits per heavy atom. The Hall–Kier alpha value is -6.96. The van der Waals surface area contributed by atoms with Gasteiger partial charge in [-0.05, 0) is 120 Å². The predicted octanol–water partition coefficient (Wildman–Crippen LogP) is 15.3. The van der Waals surface area contributed by atoms with E-state index in [9.17, 15) is 0 Å². The fourth-order valence-electron chi connectivity index (χ4n) is 8.85. The zero-order valence-electron chi connectivity index (χ0n) is 31.7. The molecule has 9 aromatic carbocycles. The molecule has 0 bridgehead atoms. The van der Waals surface area contributed by atoms with Gasteiger partial charge >= 0.3 is 0 Å². The maximum absolute atomic E-state index is 2.44. The molecular formula is C55H41N. The fraction of sp³-hybridized carbons (Fsp3) is 0.0545. The molecule has 0 fully saturated rings. The lowest BCUT2D eigenvalue weighted by atomic mass is 9.79. The van der Waals surface area contributed by atoms with Crippen LogP contribution in [0.1, 0.15) is 25.0 Å². The van der Waals surface area contributed by atoms with Crippen LogP contribution in [-0.4, -0.2) is 0 Å². The third kappa shape index (κ3) is 5.81. The molecule has 0 heterocycles. The molecule has 0 atom stereocenters. The molecule has 1 aliphatic rings. The number of benzene rings is 9. The summed E-state index contributed by atoms with van der Waals surface area (Å²) >= 11 is 0. The van der Waals surface area contributed by atoms with Gasteiger partial charge in [0.25, 0.3) is 0 Å². The highest BCUT2D eigenvalue weighted by atomic mass is 15.1. The van der Waals surface area contributed by atoms with Crippen molar-refractivity contribution < 1.29 is 0 Å². The summed E-state index contributed by atoms with van der Waals surface area (Å²) in [6.45, 7) is 4.79. The standard InChI is InChI=1S/C55H41N/c1-55(2)53-36-47(34-35-49(53)52-37-51(44-18-10-5-11-19-44)48-20-12-13-21-50(48)54(52)55)56(45-30-26-42(27-31-45)39-16-8-4-9-17-39)46-32-28-43(29-33-46)41-24-22-40(23-25-41)38-14-6-3-7-15-38/h3-37H,1-2H3. The van der Waals surface area contributed by atoms with Crippen molar-refractivity contribution >= 4 is 27.8 Å². The van der Waals surface area contributed by atoms with E-state index in [0.29, 0.717) is 0 Å². The summed E-state index contributed by atoms with van der Waals surface area (Å²) in [7, 11) is 0. The first kappa shape index (κ1) is 33.6. The molecule has 266 valence electrons. The molecule has 1 nitrogen and oxygen atoms in total. The zero-order chi connectivity index (χ0) is 37.6. The van der Waals surface area contributed by atoms with Crippen LogP contribution >= 0.6 is 0 Å². The van der Waals surface area contributed by atoms with Crippen molar-refractivity contribution in [3.63, 3.8) is 0 Å². The molecule has 0 saturated carbocycles. The van der Waals surface area contributed by atoms with Crippen molar-refractivity contribution in [2.45, 2.75) is 19.3 Å². The molecule has 1 aliphatic carbocycles. The first-order chi connectivity index (χ1) is 27.5. The average molecular weight is 716 g/mol. The highest BCUT2D eigenvalue weighted by Crippen LogP contribution is 2.54. The molecule has 9 aromatic rings. The van der Waals surface area contributed by atoms with E-state index in [1.165, 1.54) is 77.5 Å². The van der Waals surface area contributed by atoms with E-state index in [-0.39, 0.29) is 5.41 Å². The zero-order valence-corrected chi connectivity index (χ0v) is 31.7. The summed E-state index contributed by atoms with van der Waals surface area (Å²) in [4.78, 5) is 2.41. The molecule has 0 saturated heterocycles. The van der Waals surface area contributed by atoms with Crippen LogP contribution in [0.15, 0.2) is 212 Å². The van der Waals surface area contributed by atoms with E-state index in [1.54, 1.807) is 0 Å². The Bertz CT molecular complexity index is 2820. The SMILES string of the molecule is CC1(C)c2cc(N(c3ccc(-c4ccccc4)cc3)c3ccc(-c4ccc(-c5ccccc5)cc4)cc3)ccc2-c2cc(-c3ccccc3)c3ccccc3c21. The average Bonchev–Trinajstić information content (AvgIpc) is 3.50. The smallest absolute Gasteiger partial charge is 0.0465 e. The second kappa shape index (κ2) is 13.7. The number of fused-ring (bicyclic) bond motifs is 5. The second-order valence-corrected chi connectivity index (χ2v) is 15.4. The first-order valence-electron chi connectivity index (χ1n) is 19.5. The van der Waals surface area contributed by atoms with Crippen molar-refractivity contribution in [2.24, 2.45) is 0 Å². The van der Waals surface area contributed by atoms with Gasteiger partial charge in [0.15, 0.2) is 0 Å². The third-order valence-corrected chi connectivity index (χ3v) is 11.7. The summed E-state index contributed by atoms with van der Waals surface area (Å²) in [5.41, 5.74) is 18.4. The Balaban J connectivity index is 1.07. The number of anilines is 3. The Labute approximate surface area is 329 Å². The summed E-state index contributed by atoms with van der Waals surface area (Å²) in [5, 5.41) is 2.63. The monoisotopic (exact) mass is 715 g/mol. The van der Waals surface area contributed by atoms with E-state index in [4.69, 9.17) is 0 Å². The Morgan fingerprint density at radius 2 is 0.696 bits per heavy atom. The van der Waals surface area contributed by atoms with E-state index < -0.39 is 0 Å². The van der Waals surface area contributed by atoms with Crippen molar-refractivity contribution in [1.29, 1.82) is 0 Å². The van der Waals surface area contributed by atoms with E-state index in [2.05, 4.69) is 231 Å². The van der Waals surface area contributed by atoms with Crippen LogP contribution in [0.3, 0.4) is 0 Å². The topological polar surface area (TPSA) is 3.24 Å². The van der Waals surface area contributed by atoms with Crippen LogP contribution in [0.25, 0.3) is 66.4 Å². The van der Waals surface area contributed by atoms with Gasteiger partial charge in [-0.15, -0.1) is 0 Å². The molecule has 0 aromatic heterocycles. The van der Waals surface area contributed by atoms with Gasteiger partial charge < -0.3 is 4.90 Å². The van der Waals surface area contributed by atoms with Gasteiger partial charge in [0, 0.05) is 22.5 Å². The first-order valence-corrected chi connectivity index (χ1v) is 19.5. The van der Waals surface area contributed by atoms with Crippen LogP contribution in [0.4, 0.5) is 17.1 Å². The van der Waals surface area contributed by atoms with Gasteiger partial charge in [0.2, 0.25) is 0 Å². The molecular weight excluding hydrogens is 675 g/mol. The van der Waals surface area contributed by atoms with Crippen molar-refractivity contribution in [1.82, 2.24) is 0 Å². The molecule has 0 N–H and O–H groups in total. The minimum absolute atomic E-state index is 0.200. The van der Waals surface area contributed by atoms with Crippen LogP contribution < -0.4 is 4.90 Å². The maximum atomic E-state index is 2.44. The molecule has 0 unspecified atom stereocenters. The summed E-state index contributed by atoms with van der Waals surface area (Å²) in [5.74, 6) is 0. The highest BCUT2D eigenvalue weighted by molar-refractivity contribution is 6.06. The quantitative estimate of drug-likeness (QED) is 0.159. The van der Waals surface area contributed by atoms with Crippen LogP contribution in [0.5, 0.6) is 0 Å². The van der Waals surface area contributed by atoms with Gasteiger partial charge in [-0.3, -0.25) is 0 Å². The third-order valence-electron chi connectivity index (χ3n) is 11.7. The number of nitrogens with zero attached hydrogens (tertiary/aromatic N) is 1. The molecule has 1 heteroatoms. The number of hydrogen-bond acceptors (Lipinski definition) is 1. The molecule has 0 spiro atoms. The van der Waals surface area contributed by atoms with Gasteiger partial charge in [-0.1, -0.05) is 184 Å². The molecule has 0 radical (unpaired) electrons. The molecule has 56 heavy (non-hydrogen) atoms. The predicted molar refractivity (Wildman–Crippen MR) is 238 cm³/mol. The van der Waals surface area contributed by atoms with Crippen LogP contribution in [0.2, 0.25) is 0 Å². The molecule has 10 rings (SSSR count). The second-order valence-electron chi connectivity index (χ2n) is 15.4. The minimum atomic E-state index is -0.200. The van der Waals surface area contributed by atoms with Crippen molar-refractivity contribution in [3.8, 4) is 55.6 Å². The van der Waals surface area contributed by atoms with Crippen molar-refractivity contribution in [3.05, 3.63) is 223 Å². The Morgan fingerprint density at radius 3 is 1.20 bits per heavy atom. The van der Waals surface area contributed by atoms with E-state index in [1.807, 2.05) is 0 Å². The Kier molecular flexibility index (Phi) is 8.23. The number of hydrogen-bond donors (Lipinski definition) is 0. The lowest BCUT2D eigenvalue weighted by Crippen LogP contribution is -2.17. The summed E-state index contributed by atoms with van der Waals surface area (Å²) < 4.78 is 0. The van der Waals surface area contributed by atoms with Crippen LogP contribution in [-0.2, 0) is 5.41 Å². The van der Waals surface area contributed by atoms with E-state index in [0.717, 1.165) is 17.1 Å². The summed E-state index contributed by atoms with van der Waals surface area (Å²) in [6, 6.07) is 77.4. The van der Waals surface area contributed by atoms with Crippen molar-refractivity contribution in [2.75, 3.05) is 4.90 Å². The van der Waals surface area contributed by atoms with Crippen LogP contribution in [0, 0.1) is 0 Å². The number of rotatable bonds is 7. The normalized spacial score (nSPS) is 12.6. The highest BCUT2D eigenvalue weighted by Gasteiger charge is 2.38. The molecule has 0 amide bonds. The van der Waals surface area contributed by atoms with Gasteiger partial charge in [0.1, 0.15) is 0 Å². The van der Waals surface area contributed by atoms with Gasteiger partial charge in [-0.25, -0.2) is 0 Å². The van der Waals surface area contributed by atoms with Gasteiger partial charge in [0.05, 0.1) is 0 Å². The summed E-state index contributed by atoms with van der Waals surface area (Å²) in [6.07, 6.45) is 0. The lowest BCUT2D eigenvalue weighted by molar-refractivity contribution is 0.666. The van der Waals surface area contributed by atoms with Gasteiger partial charge in [-0.2, -0.15) is 0 Å². The van der Waals surface area contributed by atoms with E-state index >= 15 is 0 Å². The lowest BCUT2D eigenvalue weighted by Gasteiger charge is -2.28. The maximum Gasteiger partial charge on any atom is 0.0465 e. The minimum Gasteiger partial charge on any atom is -0.310 e. The fourth-order valence-corrected chi connectivity index (χ4v) is 8.85.